The summed E-state index contributed by atoms with van der Waals surface area (Å²) < 4.78 is 0. The zero-order chi connectivity index (χ0) is 22.2. The molecule has 7 heteroatoms. The second-order valence-corrected chi connectivity index (χ2v) is 8.81. The summed E-state index contributed by atoms with van der Waals surface area (Å²) in [6.45, 7) is 2.27. The largest absolute Gasteiger partial charge is 0.481 e. The van der Waals surface area contributed by atoms with E-state index in [9.17, 15) is 9.59 Å². The molecular weight excluding hydrogens is 450 g/mol. The molecule has 185 valence electrons. The van der Waals surface area contributed by atoms with Gasteiger partial charge in [0.1, 0.15) is 6.04 Å². The number of unbranched alkanes of at least 4 members (excludes halogenated alkanes) is 14. The van der Waals surface area contributed by atoms with Crippen LogP contribution >= 0.6 is 11.8 Å². The molecule has 0 aliphatic carbocycles. The molecule has 0 aliphatic heterocycles. The standard InChI is InChI=1S/C18H36O2.C5H11NO2S.Cu/c1-2-3-4-5-6-7-8-9-10-11-12-13-14-15-16-17-18(19)20;1-9-3-2-4(6)5(7)8;/h2-17H2,1H3,(H,19,20);4H,2-3,6H2,1H3,(H,7,8);. The second kappa shape index (κ2) is 28.8. The molecule has 0 aromatic rings. The van der Waals surface area contributed by atoms with Crippen LogP contribution in [0.2, 0.25) is 0 Å². The summed E-state index contributed by atoms with van der Waals surface area (Å²) in [6, 6.07) is -0.683. The van der Waals surface area contributed by atoms with Gasteiger partial charge in [0.15, 0.2) is 0 Å². The van der Waals surface area contributed by atoms with Gasteiger partial charge in [0.2, 0.25) is 0 Å². The van der Waals surface area contributed by atoms with Gasteiger partial charge in [-0.15, -0.1) is 0 Å². The number of carbonyl (C=O) groups is 2. The Bertz CT molecular complexity index is 373. The topological polar surface area (TPSA) is 101 Å². The molecule has 1 atom stereocenters. The molecule has 0 aliphatic rings. The van der Waals surface area contributed by atoms with Crippen LogP contribution in [0.1, 0.15) is 116 Å². The molecular formula is C23H47CuNO4S. The molecule has 0 saturated heterocycles. The minimum Gasteiger partial charge on any atom is -0.481 e. The predicted octanol–water partition coefficient (Wildman–Crippen LogP) is 6.48. The summed E-state index contributed by atoms with van der Waals surface area (Å²) >= 11 is 1.60. The Morgan fingerprint density at radius 3 is 1.43 bits per heavy atom. The number of rotatable bonds is 20. The number of carboxylic acids is 2. The van der Waals surface area contributed by atoms with Crippen molar-refractivity contribution in [3.8, 4) is 0 Å². The van der Waals surface area contributed by atoms with Crippen LogP contribution in [0.25, 0.3) is 0 Å². The van der Waals surface area contributed by atoms with E-state index >= 15 is 0 Å². The van der Waals surface area contributed by atoms with Crippen LogP contribution in [0.4, 0.5) is 0 Å². The third kappa shape index (κ3) is 32.4. The monoisotopic (exact) mass is 496 g/mol. The van der Waals surface area contributed by atoms with Gasteiger partial charge < -0.3 is 15.9 Å². The molecule has 0 spiro atoms. The fourth-order valence-corrected chi connectivity index (χ4v) is 3.51. The molecule has 0 bridgehead atoms. The van der Waals surface area contributed by atoms with Crippen molar-refractivity contribution in [3.63, 3.8) is 0 Å². The zero-order valence-electron chi connectivity index (χ0n) is 19.3. The smallest absolute Gasteiger partial charge is 0.320 e. The average Bonchev–Trinajstić information content (AvgIpc) is 2.69. The molecule has 0 saturated carbocycles. The van der Waals surface area contributed by atoms with Gasteiger partial charge >= 0.3 is 11.9 Å². The summed E-state index contributed by atoms with van der Waals surface area (Å²) in [5, 5.41) is 16.8. The molecule has 0 aromatic carbocycles. The molecule has 0 aromatic heterocycles. The Hall–Kier alpha value is -0.231. The molecule has 1 unspecified atom stereocenters. The molecule has 30 heavy (non-hydrogen) atoms. The third-order valence-electron chi connectivity index (χ3n) is 4.94. The maximum absolute atomic E-state index is 10.3. The Morgan fingerprint density at radius 2 is 1.13 bits per heavy atom. The van der Waals surface area contributed by atoms with Crippen LogP contribution in [0.5, 0.6) is 0 Å². The van der Waals surface area contributed by atoms with Crippen LogP contribution < -0.4 is 5.73 Å². The summed E-state index contributed by atoms with van der Waals surface area (Å²) in [5.41, 5.74) is 5.19. The van der Waals surface area contributed by atoms with Crippen molar-refractivity contribution >= 4 is 23.7 Å². The number of carboxylic acid groups (broad SMARTS) is 2. The van der Waals surface area contributed by atoms with Gasteiger partial charge in [0.05, 0.1) is 0 Å². The SMILES string of the molecule is CCCCCCCCCCCCCCCCCC(=O)O.CSCCC(N)C(=O)O.[Cu]. The molecule has 0 amide bonds. The van der Waals surface area contributed by atoms with Gasteiger partial charge in [-0.05, 0) is 24.9 Å². The van der Waals surface area contributed by atoms with Crippen molar-refractivity contribution in [1.82, 2.24) is 0 Å². The molecule has 4 N–H and O–H groups in total. The van der Waals surface area contributed by atoms with E-state index in [0.717, 1.165) is 18.6 Å². The molecule has 0 heterocycles. The van der Waals surface area contributed by atoms with E-state index < -0.39 is 18.0 Å². The zero-order valence-corrected chi connectivity index (χ0v) is 21.1. The summed E-state index contributed by atoms with van der Waals surface area (Å²) in [5.74, 6) is -0.753. The summed E-state index contributed by atoms with van der Waals surface area (Å²) in [7, 11) is 0. The summed E-state index contributed by atoms with van der Waals surface area (Å²) in [4.78, 5) is 20.4. The van der Waals surface area contributed by atoms with Crippen molar-refractivity contribution in [2.45, 2.75) is 122 Å². The van der Waals surface area contributed by atoms with Crippen LogP contribution in [-0.2, 0) is 26.7 Å². The number of hydrogen-bond donors (Lipinski definition) is 3. The molecule has 0 rings (SSSR count). The van der Waals surface area contributed by atoms with Gasteiger partial charge in [-0.2, -0.15) is 11.8 Å². The van der Waals surface area contributed by atoms with Crippen molar-refractivity contribution in [1.29, 1.82) is 0 Å². The van der Waals surface area contributed by atoms with Crippen molar-refractivity contribution < 1.29 is 36.9 Å². The van der Waals surface area contributed by atoms with Gasteiger partial charge in [-0.3, -0.25) is 9.59 Å². The Labute approximate surface area is 200 Å². The van der Waals surface area contributed by atoms with E-state index in [-0.39, 0.29) is 17.1 Å². The van der Waals surface area contributed by atoms with E-state index in [1.165, 1.54) is 83.5 Å². The van der Waals surface area contributed by atoms with Crippen molar-refractivity contribution in [2.24, 2.45) is 5.73 Å². The number of nitrogens with two attached hydrogens (primary N) is 1. The quantitative estimate of drug-likeness (QED) is 0.132. The fraction of sp³-hybridized carbons (Fsp3) is 0.913. The van der Waals surface area contributed by atoms with Crippen molar-refractivity contribution in [2.75, 3.05) is 12.0 Å². The Kier molecular flexibility index (Phi) is 33.0. The maximum Gasteiger partial charge on any atom is 0.320 e. The van der Waals surface area contributed by atoms with E-state index in [2.05, 4.69) is 6.92 Å². The van der Waals surface area contributed by atoms with E-state index in [1.54, 1.807) is 11.8 Å². The van der Waals surface area contributed by atoms with Gasteiger partial charge in [0.25, 0.3) is 0 Å². The average molecular weight is 497 g/mol. The van der Waals surface area contributed by atoms with E-state index in [1.807, 2.05) is 6.26 Å². The van der Waals surface area contributed by atoms with Crippen molar-refractivity contribution in [3.05, 3.63) is 0 Å². The first kappa shape index (κ1) is 34.4. The number of hydrogen-bond acceptors (Lipinski definition) is 4. The second-order valence-electron chi connectivity index (χ2n) is 7.82. The van der Waals surface area contributed by atoms with Crippen LogP contribution in [0.3, 0.4) is 0 Å². The van der Waals surface area contributed by atoms with Crippen LogP contribution in [0.15, 0.2) is 0 Å². The molecule has 1 radical (unpaired) electrons. The van der Waals surface area contributed by atoms with Gasteiger partial charge in [-0.25, -0.2) is 0 Å². The maximum atomic E-state index is 10.3. The normalized spacial score (nSPS) is 11.2. The first-order chi connectivity index (χ1) is 14.0. The predicted molar refractivity (Wildman–Crippen MR) is 126 cm³/mol. The summed E-state index contributed by atoms with van der Waals surface area (Å²) in [6.07, 6.45) is 22.7. The Morgan fingerprint density at radius 1 is 0.767 bits per heavy atom. The van der Waals surface area contributed by atoms with Gasteiger partial charge in [-0.1, -0.05) is 96.8 Å². The van der Waals surface area contributed by atoms with Crippen LogP contribution in [-0.4, -0.2) is 40.2 Å². The molecule has 0 fully saturated rings. The Balaban J connectivity index is -0.000000616. The third-order valence-corrected chi connectivity index (χ3v) is 5.59. The first-order valence-electron chi connectivity index (χ1n) is 11.6. The van der Waals surface area contributed by atoms with Crippen LogP contribution in [0, 0.1) is 0 Å². The minimum atomic E-state index is -0.913. The van der Waals surface area contributed by atoms with Gasteiger partial charge in [0, 0.05) is 23.5 Å². The first-order valence-corrected chi connectivity index (χ1v) is 13.0. The fourth-order valence-electron chi connectivity index (χ4n) is 3.02. The molecule has 5 nitrogen and oxygen atoms in total. The van der Waals surface area contributed by atoms with E-state index in [4.69, 9.17) is 15.9 Å². The van der Waals surface area contributed by atoms with E-state index in [0.29, 0.717) is 12.8 Å². The number of thioether (sulfide) groups is 1. The minimum absolute atomic E-state index is 0. The number of aliphatic carboxylic acids is 2.